The van der Waals surface area contributed by atoms with Crippen LogP contribution >= 0.6 is 0 Å². The Morgan fingerprint density at radius 1 is 1.33 bits per heavy atom. The lowest BCUT2D eigenvalue weighted by atomic mass is 9.65. The summed E-state index contributed by atoms with van der Waals surface area (Å²) in [6, 6.07) is 3.16. The predicted octanol–water partition coefficient (Wildman–Crippen LogP) is 2.90. The second-order valence-electron chi connectivity index (χ2n) is 7.36. The number of allylic oxidation sites excluding steroid dienone is 2. The fraction of sp³-hybridized carbons (Fsp3) is 0.526. The summed E-state index contributed by atoms with van der Waals surface area (Å²) in [5, 5.41) is 0. The Bertz CT molecular complexity index is 610. The molecule has 1 aromatic rings. The summed E-state index contributed by atoms with van der Waals surface area (Å²) in [5.74, 6) is 0.281. The van der Waals surface area contributed by atoms with Gasteiger partial charge in [-0.1, -0.05) is 32.9 Å². The van der Waals surface area contributed by atoms with Gasteiger partial charge in [-0.15, -0.1) is 0 Å². The molecule has 0 saturated heterocycles. The zero-order chi connectivity index (χ0) is 17.7. The van der Waals surface area contributed by atoms with Gasteiger partial charge in [0.15, 0.2) is 0 Å². The summed E-state index contributed by atoms with van der Waals surface area (Å²) >= 11 is 0. The summed E-state index contributed by atoms with van der Waals surface area (Å²) in [7, 11) is 0. The second-order valence-corrected chi connectivity index (χ2v) is 7.36. The molecular weight excluding hydrogens is 302 g/mol. The van der Waals surface area contributed by atoms with E-state index in [4.69, 9.17) is 0 Å². The fourth-order valence-corrected chi connectivity index (χ4v) is 3.51. The van der Waals surface area contributed by atoms with Crippen LogP contribution in [-0.4, -0.2) is 22.7 Å². The van der Waals surface area contributed by atoms with E-state index in [1.807, 2.05) is 6.92 Å². The number of hydrazine groups is 1. The van der Waals surface area contributed by atoms with Crippen molar-refractivity contribution in [1.82, 2.24) is 15.8 Å². The minimum atomic E-state index is -0.231. The lowest BCUT2D eigenvalue weighted by Crippen LogP contribution is -2.46. The lowest BCUT2D eigenvalue weighted by Gasteiger charge is -2.39. The Morgan fingerprint density at radius 3 is 2.62 bits per heavy atom. The Balaban J connectivity index is 1.88. The quantitative estimate of drug-likeness (QED) is 0.622. The molecule has 2 N–H and O–H groups in total. The number of hydrogen-bond acceptors (Lipinski definition) is 4. The van der Waals surface area contributed by atoms with E-state index in [-0.39, 0.29) is 35.0 Å². The molecule has 0 bridgehead atoms. The highest BCUT2D eigenvalue weighted by Gasteiger charge is 2.39. The summed E-state index contributed by atoms with van der Waals surface area (Å²) in [4.78, 5) is 28.6. The molecule has 1 heterocycles. The number of Topliss-reactive ketones (excluding diaryl/α,β-unsaturated/α-hetero) is 1. The molecule has 3 atom stereocenters. The molecular formula is C19H27N3O2. The van der Waals surface area contributed by atoms with Crippen molar-refractivity contribution in [3.8, 4) is 0 Å². The summed E-state index contributed by atoms with van der Waals surface area (Å²) in [6.07, 6.45) is 8.77. The first-order valence-electron chi connectivity index (χ1n) is 8.46. The van der Waals surface area contributed by atoms with E-state index in [2.05, 4.69) is 48.8 Å². The molecule has 0 radical (unpaired) electrons. The van der Waals surface area contributed by atoms with Crippen LogP contribution in [-0.2, 0) is 4.79 Å². The number of pyridine rings is 1. The highest BCUT2D eigenvalue weighted by atomic mass is 16.2. The van der Waals surface area contributed by atoms with Gasteiger partial charge in [-0.25, -0.2) is 5.43 Å². The average Bonchev–Trinajstić information content (AvgIpc) is 2.52. The second kappa shape index (κ2) is 7.71. The van der Waals surface area contributed by atoms with Crippen molar-refractivity contribution in [3.63, 3.8) is 0 Å². The fourth-order valence-electron chi connectivity index (χ4n) is 3.51. The molecule has 1 aromatic heterocycles. The Kier molecular flexibility index (Phi) is 5.89. The maximum atomic E-state index is 12.8. The van der Waals surface area contributed by atoms with Crippen LogP contribution in [0.25, 0.3) is 0 Å². The lowest BCUT2D eigenvalue weighted by molar-refractivity contribution is -0.128. The normalized spacial score (nSPS) is 23.5. The third-order valence-corrected chi connectivity index (χ3v) is 4.68. The molecule has 0 aliphatic heterocycles. The Morgan fingerprint density at radius 2 is 2.00 bits per heavy atom. The highest BCUT2D eigenvalue weighted by Crippen LogP contribution is 2.41. The van der Waals surface area contributed by atoms with E-state index in [1.54, 1.807) is 24.5 Å². The number of carbonyl (C=O) groups is 2. The first-order chi connectivity index (χ1) is 11.3. The van der Waals surface area contributed by atoms with Gasteiger partial charge in [0, 0.05) is 36.3 Å². The molecule has 24 heavy (non-hydrogen) atoms. The van der Waals surface area contributed by atoms with Gasteiger partial charge in [0.1, 0.15) is 5.78 Å². The van der Waals surface area contributed by atoms with E-state index in [1.165, 1.54) is 0 Å². The predicted molar refractivity (Wildman–Crippen MR) is 94.1 cm³/mol. The Labute approximate surface area is 143 Å². The van der Waals surface area contributed by atoms with E-state index >= 15 is 0 Å². The van der Waals surface area contributed by atoms with Gasteiger partial charge in [-0.3, -0.25) is 20.0 Å². The van der Waals surface area contributed by atoms with Crippen LogP contribution in [0.4, 0.5) is 0 Å². The van der Waals surface area contributed by atoms with Crippen LogP contribution in [0.1, 0.15) is 50.9 Å². The van der Waals surface area contributed by atoms with Crippen molar-refractivity contribution in [1.29, 1.82) is 0 Å². The number of aromatic nitrogens is 1. The smallest absolute Gasteiger partial charge is 0.265 e. The molecule has 1 aliphatic carbocycles. The van der Waals surface area contributed by atoms with Crippen molar-refractivity contribution in [2.75, 3.05) is 0 Å². The molecule has 2 rings (SSSR count). The molecule has 130 valence electrons. The van der Waals surface area contributed by atoms with Crippen LogP contribution < -0.4 is 10.9 Å². The molecule has 0 spiro atoms. The van der Waals surface area contributed by atoms with Crippen molar-refractivity contribution in [2.45, 2.75) is 46.6 Å². The number of ketones is 1. The van der Waals surface area contributed by atoms with E-state index < -0.39 is 0 Å². The van der Waals surface area contributed by atoms with E-state index in [0.717, 1.165) is 6.42 Å². The SMILES string of the molecule is CC(CC(=O)C1C(C)C=CCC1(C)C)NNC(=O)c1ccncc1. The van der Waals surface area contributed by atoms with Crippen LogP contribution in [0.5, 0.6) is 0 Å². The standard InChI is InChI=1S/C19H27N3O2/c1-13-6-5-9-19(3,4)17(13)16(23)12-14(2)21-22-18(24)15-7-10-20-11-8-15/h5-8,10-11,13-14,17,21H,9,12H2,1-4H3,(H,22,24). The van der Waals surface area contributed by atoms with Gasteiger partial charge in [0.25, 0.3) is 5.91 Å². The number of rotatable bonds is 6. The maximum Gasteiger partial charge on any atom is 0.265 e. The number of amides is 1. The van der Waals surface area contributed by atoms with Crippen molar-refractivity contribution >= 4 is 11.7 Å². The number of nitrogens with one attached hydrogen (secondary N) is 2. The molecule has 5 nitrogen and oxygen atoms in total. The van der Waals surface area contributed by atoms with Crippen molar-refractivity contribution in [3.05, 3.63) is 42.2 Å². The number of nitrogens with zero attached hydrogens (tertiary/aromatic N) is 1. The van der Waals surface area contributed by atoms with E-state index in [0.29, 0.717) is 12.0 Å². The van der Waals surface area contributed by atoms with Crippen LogP contribution in [0.15, 0.2) is 36.7 Å². The van der Waals surface area contributed by atoms with Gasteiger partial charge in [0.2, 0.25) is 0 Å². The summed E-state index contributed by atoms with van der Waals surface area (Å²) < 4.78 is 0. The van der Waals surface area contributed by atoms with Gasteiger partial charge >= 0.3 is 0 Å². The average molecular weight is 329 g/mol. The summed E-state index contributed by atoms with van der Waals surface area (Å²) in [5.41, 5.74) is 6.10. The number of carbonyl (C=O) groups excluding carboxylic acids is 2. The van der Waals surface area contributed by atoms with Gasteiger partial charge in [-0.05, 0) is 36.8 Å². The molecule has 3 unspecified atom stereocenters. The molecule has 1 amide bonds. The van der Waals surface area contributed by atoms with Crippen LogP contribution in [0, 0.1) is 17.3 Å². The third kappa shape index (κ3) is 4.51. The molecule has 1 aliphatic rings. The molecule has 5 heteroatoms. The largest absolute Gasteiger partial charge is 0.299 e. The Hall–Kier alpha value is -2.01. The topological polar surface area (TPSA) is 71.1 Å². The maximum absolute atomic E-state index is 12.8. The zero-order valence-corrected chi connectivity index (χ0v) is 14.9. The third-order valence-electron chi connectivity index (χ3n) is 4.68. The minimum absolute atomic E-state index is 0.0163. The number of hydrogen-bond donors (Lipinski definition) is 2. The zero-order valence-electron chi connectivity index (χ0n) is 14.9. The summed E-state index contributed by atoms with van der Waals surface area (Å²) in [6.45, 7) is 8.31. The van der Waals surface area contributed by atoms with Gasteiger partial charge in [-0.2, -0.15) is 0 Å². The monoisotopic (exact) mass is 329 g/mol. The highest BCUT2D eigenvalue weighted by molar-refractivity contribution is 5.93. The van der Waals surface area contributed by atoms with Gasteiger partial charge in [0.05, 0.1) is 0 Å². The van der Waals surface area contributed by atoms with E-state index in [9.17, 15) is 9.59 Å². The van der Waals surface area contributed by atoms with Crippen molar-refractivity contribution in [2.24, 2.45) is 17.3 Å². The first-order valence-corrected chi connectivity index (χ1v) is 8.46. The minimum Gasteiger partial charge on any atom is -0.299 e. The first kappa shape index (κ1) is 18.3. The molecule has 0 aromatic carbocycles. The van der Waals surface area contributed by atoms with Crippen LogP contribution in [0.3, 0.4) is 0 Å². The molecule has 0 saturated carbocycles. The van der Waals surface area contributed by atoms with Crippen molar-refractivity contribution < 1.29 is 9.59 Å². The van der Waals surface area contributed by atoms with Crippen LogP contribution in [0.2, 0.25) is 0 Å². The van der Waals surface area contributed by atoms with Gasteiger partial charge < -0.3 is 0 Å². The molecule has 0 fully saturated rings.